The first-order chi connectivity index (χ1) is 12.9. The molecule has 7 N–H and O–H groups in total. The third kappa shape index (κ3) is 7.48. The highest BCUT2D eigenvalue weighted by Gasteiger charge is 2.27. The molecule has 11 nitrogen and oxygen atoms in total. The lowest BCUT2D eigenvalue weighted by Crippen LogP contribution is -2.44. The van der Waals surface area contributed by atoms with Gasteiger partial charge in [0.15, 0.2) is 11.7 Å². The van der Waals surface area contributed by atoms with Crippen LogP contribution in [0.1, 0.15) is 44.0 Å². The van der Waals surface area contributed by atoms with Crippen molar-refractivity contribution in [1.29, 1.82) is 5.41 Å². The van der Waals surface area contributed by atoms with Gasteiger partial charge >= 0.3 is 6.09 Å². The summed E-state index contributed by atoms with van der Waals surface area (Å²) in [6.07, 6.45) is -0.226. The number of benzene rings is 1. The zero-order valence-electron chi connectivity index (χ0n) is 16.1. The maximum atomic E-state index is 12.9. The van der Waals surface area contributed by atoms with E-state index in [0.29, 0.717) is 13.0 Å². The lowest BCUT2D eigenvalue weighted by atomic mass is 9.98. The Morgan fingerprint density at radius 3 is 2.54 bits per heavy atom. The number of carbonyl (C=O) groups is 2. The van der Waals surface area contributed by atoms with Crippen LogP contribution in [-0.2, 0) is 4.74 Å². The number of Topliss-reactive ketones (excluding diaryl/α,β-unsaturated/α-hetero) is 1. The number of nitro benzene ring substituents is 1. The molecule has 0 saturated heterocycles. The molecule has 0 aliphatic heterocycles. The van der Waals surface area contributed by atoms with Crippen molar-refractivity contribution >= 4 is 29.2 Å². The average Bonchev–Trinajstić information content (AvgIpc) is 2.55. The van der Waals surface area contributed by atoms with E-state index in [-0.39, 0.29) is 29.3 Å². The number of carbonyl (C=O) groups excluding carboxylic acids is 2. The van der Waals surface area contributed by atoms with Crippen molar-refractivity contribution in [3.05, 3.63) is 33.9 Å². The quantitative estimate of drug-likeness (QED) is 0.0834. The standard InChI is InChI=1S/C17H26N6O5/c1-17(2,3)28-16(25)22-13(5-4-8-21-15(19)20)14(24)11-9-10(23(26)27)6-7-12(11)18/h6-7,9,13H,4-5,8,18H2,1-3H3,(H,22,25)(H4,19,20,21)/t13-/m0/s1. The molecule has 0 heterocycles. The molecule has 0 aromatic heterocycles. The van der Waals surface area contributed by atoms with E-state index >= 15 is 0 Å². The van der Waals surface area contributed by atoms with Crippen LogP contribution in [-0.4, -0.2) is 40.9 Å². The van der Waals surface area contributed by atoms with E-state index in [9.17, 15) is 19.7 Å². The maximum absolute atomic E-state index is 12.9. The van der Waals surface area contributed by atoms with E-state index in [2.05, 4.69) is 10.6 Å². The van der Waals surface area contributed by atoms with Gasteiger partial charge in [-0.3, -0.25) is 20.3 Å². The molecule has 0 unspecified atom stereocenters. The van der Waals surface area contributed by atoms with Gasteiger partial charge in [-0.05, 0) is 39.7 Å². The number of nitrogens with one attached hydrogen (secondary N) is 3. The van der Waals surface area contributed by atoms with Gasteiger partial charge < -0.3 is 26.8 Å². The number of guanidine groups is 1. The van der Waals surface area contributed by atoms with E-state index in [1.54, 1.807) is 20.8 Å². The summed E-state index contributed by atoms with van der Waals surface area (Å²) < 4.78 is 5.18. The van der Waals surface area contributed by atoms with Gasteiger partial charge in [-0.25, -0.2) is 4.79 Å². The number of anilines is 1. The molecule has 0 spiro atoms. The molecule has 1 rings (SSSR count). The fourth-order valence-corrected chi connectivity index (χ4v) is 2.31. The number of ether oxygens (including phenoxy) is 1. The van der Waals surface area contributed by atoms with Crippen molar-refractivity contribution in [3.8, 4) is 0 Å². The third-order valence-corrected chi connectivity index (χ3v) is 3.51. The van der Waals surface area contributed by atoms with Crippen LogP contribution in [0.5, 0.6) is 0 Å². The SMILES string of the molecule is CC(C)(C)OC(=O)N[C@@H](CCCNC(=N)N)C(=O)c1cc([N+](=O)[O-])ccc1N. The summed E-state index contributed by atoms with van der Waals surface area (Å²) in [5.41, 5.74) is 9.97. The van der Waals surface area contributed by atoms with Gasteiger partial charge in [0.1, 0.15) is 5.60 Å². The number of nitrogens with two attached hydrogens (primary N) is 2. The van der Waals surface area contributed by atoms with Gasteiger partial charge in [0.25, 0.3) is 5.69 Å². The Morgan fingerprint density at radius 2 is 2.00 bits per heavy atom. The molecule has 1 aromatic rings. The molecule has 0 bridgehead atoms. The Bertz CT molecular complexity index is 759. The highest BCUT2D eigenvalue weighted by atomic mass is 16.6. The Kier molecular flexibility index (Phi) is 7.72. The predicted molar refractivity (Wildman–Crippen MR) is 104 cm³/mol. The molecule has 0 fully saturated rings. The monoisotopic (exact) mass is 394 g/mol. The molecule has 0 aliphatic carbocycles. The van der Waals surface area contributed by atoms with Crippen LogP contribution in [0.15, 0.2) is 18.2 Å². The average molecular weight is 394 g/mol. The molecule has 11 heteroatoms. The summed E-state index contributed by atoms with van der Waals surface area (Å²) in [6.45, 7) is 5.34. The van der Waals surface area contributed by atoms with Gasteiger partial charge in [0, 0.05) is 29.9 Å². The molecular weight excluding hydrogens is 368 g/mol. The van der Waals surface area contributed by atoms with Crippen molar-refractivity contribution in [3.63, 3.8) is 0 Å². The number of amides is 1. The van der Waals surface area contributed by atoms with Gasteiger partial charge in [-0.2, -0.15) is 0 Å². The second-order valence-corrected chi connectivity index (χ2v) is 7.07. The van der Waals surface area contributed by atoms with Crippen molar-refractivity contribution in [1.82, 2.24) is 10.6 Å². The van der Waals surface area contributed by atoms with Crippen molar-refractivity contribution in [2.45, 2.75) is 45.3 Å². The number of hydrogen-bond acceptors (Lipinski definition) is 7. The summed E-state index contributed by atoms with van der Waals surface area (Å²) in [5.74, 6) is -0.791. The summed E-state index contributed by atoms with van der Waals surface area (Å²) in [6, 6.07) is 2.52. The van der Waals surface area contributed by atoms with Crippen LogP contribution < -0.4 is 22.1 Å². The van der Waals surface area contributed by atoms with E-state index < -0.39 is 28.4 Å². The Hall–Kier alpha value is -3.37. The number of alkyl carbamates (subject to hydrolysis) is 1. The molecule has 0 radical (unpaired) electrons. The van der Waals surface area contributed by atoms with Crippen LogP contribution in [0.25, 0.3) is 0 Å². The van der Waals surface area contributed by atoms with E-state index in [0.717, 1.165) is 6.07 Å². The number of rotatable bonds is 8. The first kappa shape index (κ1) is 22.7. The largest absolute Gasteiger partial charge is 0.444 e. The fourth-order valence-electron chi connectivity index (χ4n) is 2.31. The molecule has 1 amide bonds. The Balaban J connectivity index is 3.03. The number of ketones is 1. The first-order valence-corrected chi connectivity index (χ1v) is 8.56. The normalized spacial score (nSPS) is 12.0. The van der Waals surface area contributed by atoms with Crippen LogP contribution in [0.2, 0.25) is 0 Å². The minimum absolute atomic E-state index is 0.0604. The van der Waals surface area contributed by atoms with Crippen molar-refractivity contribution in [2.75, 3.05) is 12.3 Å². The molecule has 1 aromatic carbocycles. The minimum atomic E-state index is -1.02. The minimum Gasteiger partial charge on any atom is -0.444 e. The van der Waals surface area contributed by atoms with Crippen molar-refractivity contribution in [2.24, 2.45) is 5.73 Å². The van der Waals surface area contributed by atoms with Crippen LogP contribution in [0.4, 0.5) is 16.2 Å². The molecule has 1 atom stereocenters. The molecule has 154 valence electrons. The topological polar surface area (TPSA) is 186 Å². The lowest BCUT2D eigenvalue weighted by molar-refractivity contribution is -0.384. The summed E-state index contributed by atoms with van der Waals surface area (Å²) >= 11 is 0. The third-order valence-electron chi connectivity index (χ3n) is 3.51. The second kappa shape index (κ2) is 9.53. The van der Waals surface area contributed by atoms with Gasteiger partial charge in [-0.1, -0.05) is 0 Å². The summed E-state index contributed by atoms with van der Waals surface area (Å²) in [7, 11) is 0. The molecule has 28 heavy (non-hydrogen) atoms. The lowest BCUT2D eigenvalue weighted by Gasteiger charge is -2.23. The number of nitro groups is 1. The van der Waals surface area contributed by atoms with Crippen LogP contribution in [0, 0.1) is 15.5 Å². The zero-order valence-corrected chi connectivity index (χ0v) is 16.1. The van der Waals surface area contributed by atoms with Gasteiger partial charge in [0.05, 0.1) is 11.0 Å². The fraction of sp³-hybridized carbons (Fsp3) is 0.471. The summed E-state index contributed by atoms with van der Waals surface area (Å²) in [4.78, 5) is 35.4. The Labute approximate surface area is 162 Å². The van der Waals surface area contributed by atoms with Gasteiger partial charge in [-0.15, -0.1) is 0 Å². The number of non-ortho nitro benzene ring substituents is 1. The second-order valence-electron chi connectivity index (χ2n) is 7.07. The maximum Gasteiger partial charge on any atom is 0.408 e. The van der Waals surface area contributed by atoms with Crippen LogP contribution >= 0.6 is 0 Å². The van der Waals surface area contributed by atoms with Gasteiger partial charge in [0.2, 0.25) is 0 Å². The number of nitrogens with zero attached hydrogens (tertiary/aromatic N) is 1. The molecular formula is C17H26N6O5. The molecule has 0 aliphatic rings. The number of nitrogen functional groups attached to an aromatic ring is 1. The van der Waals surface area contributed by atoms with E-state index in [1.165, 1.54) is 12.1 Å². The van der Waals surface area contributed by atoms with Crippen LogP contribution in [0.3, 0.4) is 0 Å². The summed E-state index contributed by atoms with van der Waals surface area (Å²) in [5, 5.41) is 23.2. The molecule has 0 saturated carbocycles. The van der Waals surface area contributed by atoms with E-state index in [4.69, 9.17) is 21.6 Å². The number of hydrogen-bond donors (Lipinski definition) is 5. The zero-order chi connectivity index (χ0) is 21.5. The smallest absolute Gasteiger partial charge is 0.408 e. The van der Waals surface area contributed by atoms with E-state index in [1.807, 2.05) is 0 Å². The highest BCUT2D eigenvalue weighted by molar-refractivity contribution is 6.05. The van der Waals surface area contributed by atoms with Crippen molar-refractivity contribution < 1.29 is 19.2 Å². The first-order valence-electron chi connectivity index (χ1n) is 8.56. The highest BCUT2D eigenvalue weighted by Crippen LogP contribution is 2.22. The Morgan fingerprint density at radius 1 is 1.36 bits per heavy atom. The predicted octanol–water partition coefficient (Wildman–Crippen LogP) is 1.52.